The molecule has 6 heteroatoms. The molecule has 3 rings (SSSR count). The molecule has 0 radical (unpaired) electrons. The van der Waals surface area contributed by atoms with Crippen molar-refractivity contribution in [3.63, 3.8) is 0 Å². The second-order valence-electron chi connectivity index (χ2n) is 5.07. The normalized spacial score (nSPS) is 10.3. The Morgan fingerprint density at radius 3 is 2.83 bits per heavy atom. The molecular weight excluding hydrogens is 322 g/mol. The number of aromatic nitrogens is 2. The number of hydrogen-bond acceptors (Lipinski definition) is 5. The molecule has 0 aliphatic rings. The molecule has 0 aliphatic heterocycles. The van der Waals surface area contributed by atoms with Gasteiger partial charge in [0, 0.05) is 36.3 Å². The fraction of sp³-hybridized carbons (Fsp3) is 0.167. The zero-order valence-corrected chi connectivity index (χ0v) is 13.8. The number of amides is 1. The summed E-state index contributed by atoms with van der Waals surface area (Å²) in [6.45, 7) is 0.555. The van der Waals surface area contributed by atoms with Crippen LogP contribution in [0.1, 0.15) is 5.01 Å². The molecular formula is C18H17N3O2S. The Kier molecular flexibility index (Phi) is 5.52. The van der Waals surface area contributed by atoms with Crippen LogP contribution < -0.4 is 10.1 Å². The standard InChI is InChI=1S/C18H17N3O2S/c22-17(12-23-15-6-2-1-3-7-15)20-10-8-18-21-16(13-24-18)14-5-4-9-19-11-14/h1-7,9,11,13H,8,10,12H2,(H,20,22). The number of ether oxygens (including phenoxy) is 1. The van der Waals surface area contributed by atoms with Gasteiger partial charge in [0.25, 0.3) is 5.91 Å². The minimum atomic E-state index is -0.136. The highest BCUT2D eigenvalue weighted by atomic mass is 32.1. The predicted molar refractivity (Wildman–Crippen MR) is 94.0 cm³/mol. The molecule has 5 nitrogen and oxygen atoms in total. The predicted octanol–water partition coefficient (Wildman–Crippen LogP) is 2.94. The average molecular weight is 339 g/mol. The number of carbonyl (C=O) groups is 1. The monoisotopic (exact) mass is 339 g/mol. The number of nitrogens with one attached hydrogen (secondary N) is 1. The minimum Gasteiger partial charge on any atom is -0.484 e. The summed E-state index contributed by atoms with van der Waals surface area (Å²) in [4.78, 5) is 20.4. The fourth-order valence-electron chi connectivity index (χ4n) is 2.10. The van der Waals surface area contributed by atoms with Crippen LogP contribution in [0.4, 0.5) is 0 Å². The van der Waals surface area contributed by atoms with Crippen LogP contribution in [0.5, 0.6) is 5.75 Å². The van der Waals surface area contributed by atoms with Gasteiger partial charge in [0.05, 0.1) is 10.7 Å². The van der Waals surface area contributed by atoms with E-state index in [0.29, 0.717) is 18.7 Å². The molecule has 0 aliphatic carbocycles. The van der Waals surface area contributed by atoms with Gasteiger partial charge in [-0.2, -0.15) is 0 Å². The van der Waals surface area contributed by atoms with Crippen molar-refractivity contribution < 1.29 is 9.53 Å². The van der Waals surface area contributed by atoms with Crippen molar-refractivity contribution in [2.24, 2.45) is 0 Å². The van der Waals surface area contributed by atoms with Crippen molar-refractivity contribution in [3.8, 4) is 17.0 Å². The van der Waals surface area contributed by atoms with Crippen molar-refractivity contribution in [2.45, 2.75) is 6.42 Å². The van der Waals surface area contributed by atoms with Crippen molar-refractivity contribution in [1.29, 1.82) is 0 Å². The number of nitrogens with zero attached hydrogens (tertiary/aromatic N) is 2. The van der Waals surface area contributed by atoms with Gasteiger partial charge in [0.15, 0.2) is 6.61 Å². The molecule has 122 valence electrons. The number of thiazole rings is 1. The average Bonchev–Trinajstić information content (AvgIpc) is 3.11. The number of carbonyl (C=O) groups excluding carboxylic acids is 1. The Morgan fingerprint density at radius 1 is 1.17 bits per heavy atom. The summed E-state index contributed by atoms with van der Waals surface area (Å²) in [5.41, 5.74) is 1.92. The van der Waals surface area contributed by atoms with Gasteiger partial charge in [-0.3, -0.25) is 9.78 Å². The van der Waals surface area contributed by atoms with E-state index in [9.17, 15) is 4.79 Å². The molecule has 1 N–H and O–H groups in total. The molecule has 0 bridgehead atoms. The fourth-order valence-corrected chi connectivity index (χ4v) is 2.91. The summed E-state index contributed by atoms with van der Waals surface area (Å²) in [5, 5.41) is 5.83. The third kappa shape index (κ3) is 4.63. The van der Waals surface area contributed by atoms with Crippen LogP contribution in [-0.2, 0) is 11.2 Å². The summed E-state index contributed by atoms with van der Waals surface area (Å²) in [7, 11) is 0. The first-order valence-electron chi connectivity index (χ1n) is 7.60. The van der Waals surface area contributed by atoms with Crippen LogP contribution in [0, 0.1) is 0 Å². The van der Waals surface area contributed by atoms with Gasteiger partial charge in [-0.05, 0) is 24.3 Å². The highest BCUT2D eigenvalue weighted by molar-refractivity contribution is 7.09. The van der Waals surface area contributed by atoms with Gasteiger partial charge < -0.3 is 10.1 Å². The summed E-state index contributed by atoms with van der Waals surface area (Å²) in [6.07, 6.45) is 4.23. The van der Waals surface area contributed by atoms with Crippen molar-refractivity contribution in [1.82, 2.24) is 15.3 Å². The maximum Gasteiger partial charge on any atom is 0.257 e. The Morgan fingerprint density at radius 2 is 2.04 bits per heavy atom. The summed E-state index contributed by atoms with van der Waals surface area (Å²) in [5.74, 6) is 0.552. The quantitative estimate of drug-likeness (QED) is 0.719. The lowest BCUT2D eigenvalue weighted by atomic mass is 10.2. The maximum absolute atomic E-state index is 11.8. The molecule has 3 aromatic rings. The first-order valence-corrected chi connectivity index (χ1v) is 8.48. The lowest BCUT2D eigenvalue weighted by molar-refractivity contribution is -0.123. The number of benzene rings is 1. The Balaban J connectivity index is 1.42. The SMILES string of the molecule is O=C(COc1ccccc1)NCCc1nc(-c2cccnc2)cs1. The first-order chi connectivity index (χ1) is 11.8. The van der Waals surface area contributed by atoms with E-state index in [2.05, 4.69) is 15.3 Å². The minimum absolute atomic E-state index is 0.0167. The van der Waals surface area contributed by atoms with Crippen LogP contribution in [0.2, 0.25) is 0 Å². The van der Waals surface area contributed by atoms with Crippen LogP contribution in [-0.4, -0.2) is 29.0 Å². The highest BCUT2D eigenvalue weighted by Gasteiger charge is 2.06. The van der Waals surface area contributed by atoms with E-state index < -0.39 is 0 Å². The zero-order valence-electron chi connectivity index (χ0n) is 13.0. The van der Waals surface area contributed by atoms with Gasteiger partial charge in [0.1, 0.15) is 5.75 Å². The van der Waals surface area contributed by atoms with Crippen molar-refractivity contribution in [2.75, 3.05) is 13.2 Å². The van der Waals surface area contributed by atoms with Crippen LogP contribution in [0.15, 0.2) is 60.2 Å². The number of rotatable bonds is 7. The number of para-hydroxylation sites is 1. The summed E-state index contributed by atoms with van der Waals surface area (Å²) >= 11 is 1.58. The molecule has 2 heterocycles. The summed E-state index contributed by atoms with van der Waals surface area (Å²) < 4.78 is 5.40. The molecule has 0 atom stereocenters. The van der Waals surface area contributed by atoms with E-state index in [4.69, 9.17) is 4.74 Å². The lowest BCUT2D eigenvalue weighted by Gasteiger charge is -2.06. The molecule has 0 unspecified atom stereocenters. The second-order valence-corrected chi connectivity index (χ2v) is 6.01. The Bertz CT molecular complexity index is 775. The van der Waals surface area contributed by atoms with Crippen molar-refractivity contribution in [3.05, 3.63) is 65.2 Å². The van der Waals surface area contributed by atoms with Gasteiger partial charge >= 0.3 is 0 Å². The van der Waals surface area contributed by atoms with Crippen LogP contribution >= 0.6 is 11.3 Å². The first kappa shape index (κ1) is 16.1. The van der Waals surface area contributed by atoms with E-state index in [-0.39, 0.29) is 12.5 Å². The lowest BCUT2D eigenvalue weighted by Crippen LogP contribution is -2.30. The molecule has 0 spiro atoms. The maximum atomic E-state index is 11.8. The van der Waals surface area contributed by atoms with E-state index in [1.807, 2.05) is 47.8 Å². The number of pyridine rings is 1. The third-order valence-corrected chi connectivity index (χ3v) is 4.19. The van der Waals surface area contributed by atoms with E-state index in [1.165, 1.54) is 0 Å². The zero-order chi connectivity index (χ0) is 16.6. The Labute approximate surface area is 144 Å². The van der Waals surface area contributed by atoms with Gasteiger partial charge in [-0.1, -0.05) is 18.2 Å². The van der Waals surface area contributed by atoms with E-state index >= 15 is 0 Å². The van der Waals surface area contributed by atoms with Gasteiger partial charge in [-0.15, -0.1) is 11.3 Å². The topological polar surface area (TPSA) is 64.1 Å². The van der Waals surface area contributed by atoms with E-state index in [1.54, 1.807) is 23.7 Å². The molecule has 0 saturated heterocycles. The molecule has 24 heavy (non-hydrogen) atoms. The molecule has 0 fully saturated rings. The smallest absolute Gasteiger partial charge is 0.257 e. The van der Waals surface area contributed by atoms with Crippen LogP contribution in [0.25, 0.3) is 11.3 Å². The number of hydrogen-bond donors (Lipinski definition) is 1. The van der Waals surface area contributed by atoms with Crippen molar-refractivity contribution >= 4 is 17.2 Å². The molecule has 2 aromatic heterocycles. The van der Waals surface area contributed by atoms with Gasteiger partial charge in [0.2, 0.25) is 0 Å². The molecule has 1 aromatic carbocycles. The van der Waals surface area contributed by atoms with E-state index in [0.717, 1.165) is 16.3 Å². The third-order valence-electron chi connectivity index (χ3n) is 3.28. The second kappa shape index (κ2) is 8.21. The van der Waals surface area contributed by atoms with Crippen LogP contribution in [0.3, 0.4) is 0 Å². The largest absolute Gasteiger partial charge is 0.484 e. The Hall–Kier alpha value is -2.73. The molecule has 1 amide bonds. The molecule has 0 saturated carbocycles. The summed E-state index contributed by atoms with van der Waals surface area (Å²) in [6, 6.07) is 13.2. The van der Waals surface area contributed by atoms with Gasteiger partial charge in [-0.25, -0.2) is 4.98 Å². The highest BCUT2D eigenvalue weighted by Crippen LogP contribution is 2.20.